The van der Waals surface area contributed by atoms with Crippen LogP contribution in [0.2, 0.25) is 0 Å². The molecule has 1 aromatic rings. The monoisotopic (exact) mass is 302 g/mol. The SMILES string of the molecule is CCOc1ccc(NC(=O)C(C)(OCC)C2CC2)cc1C#N. The van der Waals surface area contributed by atoms with E-state index < -0.39 is 5.60 Å². The van der Waals surface area contributed by atoms with Crippen molar-refractivity contribution in [2.45, 2.75) is 39.2 Å². The molecule has 1 aliphatic carbocycles. The van der Waals surface area contributed by atoms with Crippen molar-refractivity contribution >= 4 is 11.6 Å². The van der Waals surface area contributed by atoms with Crippen molar-refractivity contribution in [1.82, 2.24) is 0 Å². The van der Waals surface area contributed by atoms with E-state index in [2.05, 4.69) is 11.4 Å². The Morgan fingerprint density at radius 3 is 2.68 bits per heavy atom. The van der Waals surface area contributed by atoms with E-state index in [1.54, 1.807) is 18.2 Å². The van der Waals surface area contributed by atoms with Gasteiger partial charge in [-0.05, 0) is 57.7 Å². The summed E-state index contributed by atoms with van der Waals surface area (Å²) in [7, 11) is 0. The van der Waals surface area contributed by atoms with Gasteiger partial charge in [0.15, 0.2) is 0 Å². The number of hydrogen-bond acceptors (Lipinski definition) is 4. The number of carbonyl (C=O) groups excluding carboxylic acids is 1. The summed E-state index contributed by atoms with van der Waals surface area (Å²) in [5.41, 5.74) is 0.181. The summed E-state index contributed by atoms with van der Waals surface area (Å²) in [5, 5.41) is 12.0. The highest BCUT2D eigenvalue weighted by Gasteiger charge is 2.48. The van der Waals surface area contributed by atoms with E-state index in [0.717, 1.165) is 12.8 Å². The van der Waals surface area contributed by atoms with Crippen LogP contribution in [0.15, 0.2) is 18.2 Å². The van der Waals surface area contributed by atoms with Crippen LogP contribution < -0.4 is 10.1 Å². The van der Waals surface area contributed by atoms with Crippen LogP contribution in [0, 0.1) is 17.2 Å². The molecule has 0 heterocycles. The van der Waals surface area contributed by atoms with Crippen molar-refractivity contribution in [3.05, 3.63) is 23.8 Å². The maximum Gasteiger partial charge on any atom is 0.256 e. The Bertz CT molecular complexity index is 590. The molecule has 0 radical (unpaired) electrons. The quantitative estimate of drug-likeness (QED) is 0.840. The lowest BCUT2D eigenvalue weighted by atomic mass is 9.98. The number of nitrogens with zero attached hydrogens (tertiary/aromatic N) is 1. The number of ether oxygens (including phenoxy) is 2. The molecule has 0 saturated heterocycles. The lowest BCUT2D eigenvalue weighted by Crippen LogP contribution is -2.44. The first-order valence-corrected chi connectivity index (χ1v) is 7.67. The highest BCUT2D eigenvalue weighted by atomic mass is 16.5. The molecule has 1 saturated carbocycles. The summed E-state index contributed by atoms with van der Waals surface area (Å²) in [6, 6.07) is 7.15. The van der Waals surface area contributed by atoms with E-state index >= 15 is 0 Å². The summed E-state index contributed by atoms with van der Waals surface area (Å²) in [6.07, 6.45) is 2.02. The average molecular weight is 302 g/mol. The van der Waals surface area contributed by atoms with Crippen LogP contribution in [-0.2, 0) is 9.53 Å². The second kappa shape index (κ2) is 6.80. The van der Waals surface area contributed by atoms with Gasteiger partial charge in [0.1, 0.15) is 17.4 Å². The minimum Gasteiger partial charge on any atom is -0.492 e. The molecule has 1 amide bonds. The van der Waals surface area contributed by atoms with Gasteiger partial charge in [-0.25, -0.2) is 0 Å². The predicted molar refractivity (Wildman–Crippen MR) is 83.7 cm³/mol. The van der Waals surface area contributed by atoms with Gasteiger partial charge in [0, 0.05) is 12.3 Å². The van der Waals surface area contributed by atoms with Gasteiger partial charge in [0.05, 0.1) is 12.2 Å². The highest BCUT2D eigenvalue weighted by Crippen LogP contribution is 2.42. The topological polar surface area (TPSA) is 71.3 Å². The summed E-state index contributed by atoms with van der Waals surface area (Å²) >= 11 is 0. The maximum atomic E-state index is 12.6. The fourth-order valence-corrected chi connectivity index (χ4v) is 2.53. The molecule has 22 heavy (non-hydrogen) atoms. The Kier molecular flexibility index (Phi) is 5.04. The van der Waals surface area contributed by atoms with Gasteiger partial charge in [0.25, 0.3) is 5.91 Å². The van der Waals surface area contributed by atoms with Gasteiger partial charge >= 0.3 is 0 Å². The van der Waals surface area contributed by atoms with E-state index in [4.69, 9.17) is 9.47 Å². The van der Waals surface area contributed by atoms with E-state index in [9.17, 15) is 10.1 Å². The molecular formula is C17H22N2O3. The molecule has 0 bridgehead atoms. The zero-order valence-corrected chi connectivity index (χ0v) is 13.3. The number of anilines is 1. The first kappa shape index (κ1) is 16.3. The van der Waals surface area contributed by atoms with Gasteiger partial charge in [-0.1, -0.05) is 0 Å². The van der Waals surface area contributed by atoms with Crippen LogP contribution in [0.3, 0.4) is 0 Å². The van der Waals surface area contributed by atoms with Crippen molar-refractivity contribution in [3.63, 3.8) is 0 Å². The summed E-state index contributed by atoms with van der Waals surface area (Å²) in [5.74, 6) is 0.633. The van der Waals surface area contributed by atoms with E-state index in [1.807, 2.05) is 20.8 Å². The lowest BCUT2D eigenvalue weighted by molar-refractivity contribution is -0.141. The van der Waals surface area contributed by atoms with Gasteiger partial charge < -0.3 is 14.8 Å². The van der Waals surface area contributed by atoms with Crippen LogP contribution in [-0.4, -0.2) is 24.7 Å². The highest BCUT2D eigenvalue weighted by molar-refractivity contribution is 5.97. The van der Waals surface area contributed by atoms with E-state index in [0.29, 0.717) is 30.2 Å². The third-order valence-electron chi connectivity index (χ3n) is 3.91. The van der Waals surface area contributed by atoms with Gasteiger partial charge in [-0.3, -0.25) is 4.79 Å². The lowest BCUT2D eigenvalue weighted by Gasteiger charge is -2.28. The van der Waals surface area contributed by atoms with Crippen molar-refractivity contribution in [1.29, 1.82) is 5.26 Å². The van der Waals surface area contributed by atoms with Crippen molar-refractivity contribution < 1.29 is 14.3 Å². The smallest absolute Gasteiger partial charge is 0.256 e. The molecule has 2 rings (SSSR count). The molecule has 118 valence electrons. The summed E-state index contributed by atoms with van der Waals surface area (Å²) < 4.78 is 11.1. The number of hydrogen-bond donors (Lipinski definition) is 1. The van der Waals surface area contributed by atoms with Crippen molar-refractivity contribution in [2.24, 2.45) is 5.92 Å². The van der Waals surface area contributed by atoms with E-state index in [1.165, 1.54) is 0 Å². The molecule has 1 aromatic carbocycles. The van der Waals surface area contributed by atoms with Gasteiger partial charge in [-0.15, -0.1) is 0 Å². The molecular weight excluding hydrogens is 280 g/mol. The Hall–Kier alpha value is -2.06. The maximum absolute atomic E-state index is 12.6. The fourth-order valence-electron chi connectivity index (χ4n) is 2.53. The zero-order valence-electron chi connectivity index (χ0n) is 13.3. The second-order valence-corrected chi connectivity index (χ2v) is 5.52. The minimum atomic E-state index is -0.805. The number of amides is 1. The average Bonchev–Trinajstić information content (AvgIpc) is 3.34. The molecule has 5 nitrogen and oxygen atoms in total. The number of rotatable bonds is 7. The molecule has 0 spiro atoms. The number of nitrogens with one attached hydrogen (secondary N) is 1. The standard InChI is InChI=1S/C17H22N2O3/c1-4-21-15-9-8-14(10-12(15)11-18)19-16(20)17(3,22-5-2)13-6-7-13/h8-10,13H,4-7H2,1-3H3,(H,19,20). The van der Waals surface area contributed by atoms with E-state index in [-0.39, 0.29) is 11.8 Å². The van der Waals surface area contributed by atoms with Crippen molar-refractivity contribution in [3.8, 4) is 11.8 Å². The fraction of sp³-hybridized carbons (Fsp3) is 0.529. The summed E-state index contributed by atoms with van der Waals surface area (Å²) in [6.45, 7) is 6.57. The Morgan fingerprint density at radius 1 is 1.41 bits per heavy atom. The first-order chi connectivity index (χ1) is 10.5. The molecule has 0 aromatic heterocycles. The molecule has 1 aliphatic rings. The molecule has 0 aliphatic heterocycles. The Balaban J connectivity index is 2.16. The summed E-state index contributed by atoms with van der Waals surface area (Å²) in [4.78, 5) is 12.6. The van der Waals surface area contributed by atoms with Gasteiger partial charge in [-0.2, -0.15) is 5.26 Å². The van der Waals surface area contributed by atoms with Crippen LogP contribution in [0.25, 0.3) is 0 Å². The molecule has 1 N–H and O–H groups in total. The minimum absolute atomic E-state index is 0.162. The molecule has 1 atom stereocenters. The van der Waals surface area contributed by atoms with Gasteiger partial charge in [0.2, 0.25) is 0 Å². The predicted octanol–water partition coefficient (Wildman–Crippen LogP) is 3.10. The number of nitriles is 1. The molecule has 1 fully saturated rings. The third kappa shape index (κ3) is 3.40. The molecule has 5 heteroatoms. The van der Waals surface area contributed by atoms with Crippen LogP contribution >= 0.6 is 0 Å². The molecule has 1 unspecified atom stereocenters. The number of carbonyl (C=O) groups is 1. The first-order valence-electron chi connectivity index (χ1n) is 7.67. The largest absolute Gasteiger partial charge is 0.492 e. The number of benzene rings is 1. The van der Waals surface area contributed by atoms with Crippen LogP contribution in [0.1, 0.15) is 39.2 Å². The normalized spacial score (nSPS) is 16.5. The zero-order chi connectivity index (χ0) is 16.2. The van der Waals surface area contributed by atoms with Crippen LogP contribution in [0.5, 0.6) is 5.75 Å². The Morgan fingerprint density at radius 2 is 2.14 bits per heavy atom. The van der Waals surface area contributed by atoms with Crippen molar-refractivity contribution in [2.75, 3.05) is 18.5 Å². The Labute approximate surface area is 131 Å². The van der Waals surface area contributed by atoms with Crippen LogP contribution in [0.4, 0.5) is 5.69 Å². The third-order valence-corrected chi connectivity index (χ3v) is 3.91. The second-order valence-electron chi connectivity index (χ2n) is 5.52.